The molecular weight excluding hydrogens is 494 g/mol. The maximum absolute atomic E-state index is 13.6. The zero-order valence-electron chi connectivity index (χ0n) is 18.9. The van der Waals surface area contributed by atoms with Crippen molar-refractivity contribution >= 4 is 40.7 Å². The Balaban J connectivity index is 1.96. The zero-order valence-corrected chi connectivity index (χ0v) is 20.5. The van der Waals surface area contributed by atoms with Crippen molar-refractivity contribution < 1.29 is 19.6 Å². The number of phenols is 1. The van der Waals surface area contributed by atoms with Gasteiger partial charge >= 0.3 is 11.7 Å². The fraction of sp³-hybridized carbons (Fsp3) is 0.208. The fourth-order valence-corrected chi connectivity index (χ4v) is 5.06. The molecule has 0 bridgehead atoms. The lowest BCUT2D eigenvalue weighted by molar-refractivity contribution is -0.385. The second-order valence-electron chi connectivity index (χ2n) is 8.06. The van der Waals surface area contributed by atoms with Crippen molar-refractivity contribution in [3.63, 3.8) is 0 Å². The third-order valence-electron chi connectivity index (χ3n) is 5.28. The maximum atomic E-state index is 13.6. The lowest BCUT2D eigenvalue weighted by Gasteiger charge is -2.26. The summed E-state index contributed by atoms with van der Waals surface area (Å²) >= 11 is 7.56. The lowest BCUT2D eigenvalue weighted by atomic mass is 9.96. The monoisotopic (exact) mass is 513 g/mol. The van der Waals surface area contributed by atoms with Crippen LogP contribution in [0.3, 0.4) is 0 Å². The molecule has 1 atom stereocenters. The number of aromatic hydroxyl groups is 1. The number of nitro groups is 1. The lowest BCUT2D eigenvalue weighted by Crippen LogP contribution is -2.40. The third-order valence-corrected chi connectivity index (χ3v) is 6.61. The molecule has 2 aromatic carbocycles. The first-order valence-electron chi connectivity index (χ1n) is 10.5. The Hall–Kier alpha value is -3.76. The Morgan fingerprint density at radius 2 is 2.03 bits per heavy atom. The predicted molar refractivity (Wildman–Crippen MR) is 131 cm³/mol. The topological polar surface area (TPSA) is 124 Å². The number of hydrogen-bond donors (Lipinski definition) is 1. The Bertz CT molecular complexity index is 1570. The molecule has 0 fully saturated rings. The van der Waals surface area contributed by atoms with Gasteiger partial charge < -0.3 is 9.84 Å². The van der Waals surface area contributed by atoms with Gasteiger partial charge in [0, 0.05) is 11.1 Å². The molecule has 0 spiro atoms. The third kappa shape index (κ3) is 4.62. The van der Waals surface area contributed by atoms with Crippen LogP contribution in [0.1, 0.15) is 37.9 Å². The minimum atomic E-state index is -0.873. The van der Waals surface area contributed by atoms with Crippen LogP contribution in [0.25, 0.3) is 6.08 Å². The van der Waals surface area contributed by atoms with E-state index in [1.54, 1.807) is 45.0 Å². The number of esters is 1. The van der Waals surface area contributed by atoms with Crippen LogP contribution in [-0.2, 0) is 9.53 Å². The number of phenolic OH excluding ortho intramolecular Hbond substituents is 1. The molecule has 35 heavy (non-hydrogen) atoms. The van der Waals surface area contributed by atoms with Crippen molar-refractivity contribution in [2.75, 3.05) is 0 Å². The van der Waals surface area contributed by atoms with Gasteiger partial charge in [0.05, 0.1) is 26.8 Å². The van der Waals surface area contributed by atoms with Crippen molar-refractivity contribution in [1.29, 1.82) is 0 Å². The summed E-state index contributed by atoms with van der Waals surface area (Å²) in [7, 11) is 0. The van der Waals surface area contributed by atoms with Gasteiger partial charge in [0.2, 0.25) is 0 Å². The van der Waals surface area contributed by atoms with Crippen LogP contribution in [0.4, 0.5) is 5.69 Å². The van der Waals surface area contributed by atoms with Gasteiger partial charge in [-0.05, 0) is 50.1 Å². The summed E-state index contributed by atoms with van der Waals surface area (Å²) in [5.74, 6) is -1.08. The summed E-state index contributed by atoms with van der Waals surface area (Å²) in [6.45, 7) is 5.12. The largest absolute Gasteiger partial charge is 0.502 e. The SMILES string of the molecule is CC1=C(C(=O)OC(C)C)C(c2ccccc2Cl)n2c(sc(=Cc3ccc(O)c([N+](=O)[O-])c3)c2=O)=N1. The van der Waals surface area contributed by atoms with E-state index in [9.17, 15) is 24.8 Å². The molecule has 11 heteroatoms. The summed E-state index contributed by atoms with van der Waals surface area (Å²) < 4.78 is 7.08. The number of halogens is 1. The number of rotatable bonds is 5. The Morgan fingerprint density at radius 3 is 2.69 bits per heavy atom. The second kappa shape index (κ2) is 9.47. The molecule has 0 saturated carbocycles. The molecule has 180 valence electrons. The highest BCUT2D eigenvalue weighted by Gasteiger charge is 2.34. The van der Waals surface area contributed by atoms with Gasteiger partial charge in [-0.25, -0.2) is 9.79 Å². The average Bonchev–Trinajstić information content (AvgIpc) is 3.08. The van der Waals surface area contributed by atoms with Gasteiger partial charge in [-0.3, -0.25) is 19.5 Å². The van der Waals surface area contributed by atoms with Crippen LogP contribution in [0, 0.1) is 10.1 Å². The number of carbonyl (C=O) groups is 1. The van der Waals surface area contributed by atoms with E-state index < -0.39 is 33.9 Å². The van der Waals surface area contributed by atoms with Gasteiger partial charge in [0.25, 0.3) is 5.56 Å². The van der Waals surface area contributed by atoms with Crippen LogP contribution in [0.5, 0.6) is 5.75 Å². The van der Waals surface area contributed by atoms with E-state index in [0.29, 0.717) is 26.6 Å². The first-order valence-corrected chi connectivity index (χ1v) is 11.7. The Labute approximate surface area is 208 Å². The highest BCUT2D eigenvalue weighted by molar-refractivity contribution is 7.07. The predicted octanol–water partition coefficient (Wildman–Crippen LogP) is 3.45. The molecule has 3 aromatic rings. The van der Waals surface area contributed by atoms with Crippen molar-refractivity contribution in [3.05, 3.63) is 99.7 Å². The van der Waals surface area contributed by atoms with E-state index in [-0.39, 0.29) is 16.2 Å². The van der Waals surface area contributed by atoms with Gasteiger partial charge in [0.1, 0.15) is 6.04 Å². The summed E-state index contributed by atoms with van der Waals surface area (Å²) in [4.78, 5) is 42.0. The number of hydrogen-bond acceptors (Lipinski definition) is 8. The van der Waals surface area contributed by atoms with Crippen LogP contribution >= 0.6 is 22.9 Å². The van der Waals surface area contributed by atoms with Gasteiger partial charge in [-0.2, -0.15) is 0 Å². The highest BCUT2D eigenvalue weighted by atomic mass is 35.5. The normalized spacial score (nSPS) is 15.7. The molecule has 1 aromatic heterocycles. The first kappa shape index (κ1) is 24.4. The number of carbonyl (C=O) groups excluding carboxylic acids is 1. The number of nitro benzene ring substituents is 1. The molecule has 0 amide bonds. The van der Waals surface area contributed by atoms with Crippen LogP contribution in [-0.4, -0.2) is 26.7 Å². The van der Waals surface area contributed by atoms with E-state index in [1.807, 2.05) is 0 Å². The van der Waals surface area contributed by atoms with Crippen molar-refractivity contribution in [2.45, 2.75) is 32.9 Å². The van der Waals surface area contributed by atoms with E-state index in [0.717, 1.165) is 11.3 Å². The first-order chi connectivity index (χ1) is 16.6. The second-order valence-corrected chi connectivity index (χ2v) is 9.48. The number of allylic oxidation sites excluding steroid dienone is 1. The smallest absolute Gasteiger partial charge is 0.338 e. The molecule has 9 nitrogen and oxygen atoms in total. The molecular formula is C24H20ClN3O6S. The van der Waals surface area contributed by atoms with Crippen molar-refractivity contribution in [3.8, 4) is 5.75 Å². The average molecular weight is 514 g/mol. The summed E-state index contributed by atoms with van der Waals surface area (Å²) in [5, 5.41) is 21.3. The van der Waals surface area contributed by atoms with Gasteiger partial charge in [-0.1, -0.05) is 47.2 Å². The molecule has 1 aliphatic rings. The number of ether oxygens (including phenoxy) is 1. The summed E-state index contributed by atoms with van der Waals surface area (Å²) in [6, 6.07) is 9.86. The number of thiazole rings is 1. The minimum absolute atomic E-state index is 0.200. The molecule has 4 rings (SSSR count). The van der Waals surface area contributed by atoms with Gasteiger partial charge in [-0.15, -0.1) is 0 Å². The highest BCUT2D eigenvalue weighted by Crippen LogP contribution is 2.34. The molecule has 1 N–H and O–H groups in total. The van der Waals surface area contributed by atoms with Crippen molar-refractivity contribution in [2.24, 2.45) is 4.99 Å². The standard InChI is InChI=1S/C24H20ClN3O6S/c1-12(2)34-23(31)20-13(3)26-24-27(21(20)15-6-4-5-7-16(15)25)22(30)19(35-24)11-14-8-9-18(29)17(10-14)28(32)33/h4-12,21,29H,1-3H3. The Morgan fingerprint density at radius 1 is 1.31 bits per heavy atom. The van der Waals surface area contributed by atoms with Crippen LogP contribution < -0.4 is 14.9 Å². The quantitative estimate of drug-likeness (QED) is 0.316. The number of aromatic nitrogens is 1. The maximum Gasteiger partial charge on any atom is 0.338 e. The number of nitrogens with zero attached hydrogens (tertiary/aromatic N) is 3. The van der Waals surface area contributed by atoms with E-state index >= 15 is 0 Å². The van der Waals surface area contributed by atoms with E-state index in [1.165, 1.54) is 28.8 Å². The Kier molecular flexibility index (Phi) is 6.60. The number of benzene rings is 2. The number of fused-ring (bicyclic) bond motifs is 1. The van der Waals surface area contributed by atoms with Gasteiger partial charge in [0.15, 0.2) is 10.6 Å². The van der Waals surface area contributed by atoms with E-state index in [2.05, 4.69) is 4.99 Å². The minimum Gasteiger partial charge on any atom is -0.502 e. The molecule has 0 aliphatic carbocycles. The molecule has 1 aliphatic heterocycles. The summed E-state index contributed by atoms with van der Waals surface area (Å²) in [6.07, 6.45) is 1.09. The molecule has 0 radical (unpaired) electrons. The molecule has 2 heterocycles. The fourth-order valence-electron chi connectivity index (χ4n) is 3.78. The molecule has 1 unspecified atom stereocenters. The van der Waals surface area contributed by atoms with Crippen LogP contribution in [0.15, 0.2) is 63.5 Å². The summed E-state index contributed by atoms with van der Waals surface area (Å²) in [5.41, 5.74) is 0.558. The van der Waals surface area contributed by atoms with Crippen LogP contribution in [0.2, 0.25) is 5.02 Å². The zero-order chi connectivity index (χ0) is 25.4. The van der Waals surface area contributed by atoms with Crippen molar-refractivity contribution in [1.82, 2.24) is 4.57 Å². The van der Waals surface area contributed by atoms with E-state index in [4.69, 9.17) is 16.3 Å². The molecule has 0 saturated heterocycles.